The van der Waals surface area contributed by atoms with Gasteiger partial charge in [-0.1, -0.05) is 38.0 Å². The van der Waals surface area contributed by atoms with Crippen LogP contribution in [0.15, 0.2) is 35.9 Å². The van der Waals surface area contributed by atoms with E-state index in [0.717, 1.165) is 18.4 Å². The Hall–Kier alpha value is -3.53. The van der Waals surface area contributed by atoms with Crippen molar-refractivity contribution in [1.82, 2.24) is 0 Å². The second kappa shape index (κ2) is 9.83. The van der Waals surface area contributed by atoms with Gasteiger partial charge in [-0.3, -0.25) is 14.4 Å². The molecule has 0 amide bonds. The SMILES string of the molecule is CCCCC1C(=O)OC2c3cc(C)cc(O)c3C3=C(C(=O)c4c(OC5CC(O)C(O)C(C)O5)cccc4C3=O)C12. The van der Waals surface area contributed by atoms with Crippen LogP contribution in [-0.4, -0.2) is 57.5 Å². The van der Waals surface area contributed by atoms with Crippen molar-refractivity contribution in [2.24, 2.45) is 11.8 Å². The summed E-state index contributed by atoms with van der Waals surface area (Å²) >= 11 is 0. The van der Waals surface area contributed by atoms with Crippen molar-refractivity contribution in [1.29, 1.82) is 0 Å². The van der Waals surface area contributed by atoms with Crippen LogP contribution < -0.4 is 4.74 Å². The van der Waals surface area contributed by atoms with Gasteiger partial charge in [-0.15, -0.1) is 0 Å². The molecule has 0 bridgehead atoms. The summed E-state index contributed by atoms with van der Waals surface area (Å²) in [5.74, 6) is -2.69. The number of aliphatic hydroxyl groups is 2. The minimum absolute atomic E-state index is 0.0298. The lowest BCUT2D eigenvalue weighted by Crippen LogP contribution is -2.48. The molecule has 9 nitrogen and oxygen atoms in total. The molecule has 2 fully saturated rings. The lowest BCUT2D eigenvalue weighted by atomic mass is 9.65. The zero-order valence-corrected chi connectivity index (χ0v) is 22.5. The number of ketones is 2. The van der Waals surface area contributed by atoms with Crippen LogP contribution in [0, 0.1) is 18.8 Å². The van der Waals surface area contributed by atoms with E-state index in [1.165, 1.54) is 12.1 Å². The maximum Gasteiger partial charge on any atom is 0.310 e. The van der Waals surface area contributed by atoms with E-state index in [2.05, 4.69) is 0 Å². The number of allylic oxidation sites excluding steroid dienone is 1. The number of esters is 1. The maximum atomic E-state index is 14.4. The normalized spacial score (nSPS) is 30.8. The molecule has 6 rings (SSSR count). The zero-order chi connectivity index (χ0) is 28.5. The van der Waals surface area contributed by atoms with Crippen molar-refractivity contribution in [3.8, 4) is 11.5 Å². The zero-order valence-electron chi connectivity index (χ0n) is 22.5. The minimum atomic E-state index is -1.08. The van der Waals surface area contributed by atoms with Crippen molar-refractivity contribution in [2.45, 2.75) is 77.2 Å². The van der Waals surface area contributed by atoms with Crippen molar-refractivity contribution >= 4 is 23.1 Å². The van der Waals surface area contributed by atoms with Crippen LogP contribution in [0.2, 0.25) is 0 Å². The third-order valence-corrected chi connectivity index (χ3v) is 8.53. The Bertz CT molecular complexity index is 1440. The van der Waals surface area contributed by atoms with Crippen molar-refractivity contribution < 1.29 is 43.9 Å². The molecule has 0 radical (unpaired) electrons. The molecular formula is C31H32O9. The number of aliphatic hydroxyl groups excluding tert-OH is 2. The molecule has 2 aromatic rings. The third kappa shape index (κ3) is 3.98. The molecule has 3 N–H and O–H groups in total. The van der Waals surface area contributed by atoms with E-state index >= 15 is 0 Å². The van der Waals surface area contributed by atoms with Crippen LogP contribution in [-0.2, 0) is 14.3 Å². The van der Waals surface area contributed by atoms with Gasteiger partial charge in [-0.25, -0.2) is 0 Å². The smallest absolute Gasteiger partial charge is 0.310 e. The number of hydrogen-bond acceptors (Lipinski definition) is 9. The lowest BCUT2D eigenvalue weighted by Gasteiger charge is -2.37. The molecule has 7 atom stereocenters. The van der Waals surface area contributed by atoms with Crippen LogP contribution in [0.25, 0.3) is 5.57 Å². The van der Waals surface area contributed by atoms with E-state index in [1.807, 2.05) is 6.92 Å². The fourth-order valence-corrected chi connectivity index (χ4v) is 6.63. The Morgan fingerprint density at radius 2 is 1.85 bits per heavy atom. The van der Waals surface area contributed by atoms with Crippen molar-refractivity contribution in [2.75, 3.05) is 0 Å². The molecule has 2 aromatic carbocycles. The molecule has 2 aliphatic carbocycles. The van der Waals surface area contributed by atoms with E-state index in [9.17, 15) is 29.7 Å². The largest absolute Gasteiger partial charge is 0.507 e. The highest BCUT2D eigenvalue weighted by molar-refractivity contribution is 6.42. The number of phenols is 1. The summed E-state index contributed by atoms with van der Waals surface area (Å²) < 4.78 is 17.6. The fraction of sp³-hybridized carbons (Fsp3) is 0.452. The van der Waals surface area contributed by atoms with Gasteiger partial charge >= 0.3 is 5.97 Å². The summed E-state index contributed by atoms with van der Waals surface area (Å²) in [6.45, 7) is 5.43. The summed E-state index contributed by atoms with van der Waals surface area (Å²) in [7, 11) is 0. The number of hydrogen-bond donors (Lipinski definition) is 3. The molecule has 2 heterocycles. The number of carbonyl (C=O) groups excluding carboxylic acids is 3. The number of aryl methyl sites for hydroxylation is 1. The molecule has 40 heavy (non-hydrogen) atoms. The number of aromatic hydroxyl groups is 1. The summed E-state index contributed by atoms with van der Waals surface area (Å²) in [4.78, 5) is 41.8. The first-order valence-electron chi connectivity index (χ1n) is 13.8. The van der Waals surface area contributed by atoms with Gasteiger partial charge in [0.05, 0.1) is 23.7 Å². The molecule has 2 aliphatic heterocycles. The van der Waals surface area contributed by atoms with Crippen LogP contribution >= 0.6 is 0 Å². The van der Waals surface area contributed by atoms with E-state index in [-0.39, 0.29) is 45.8 Å². The molecule has 210 valence electrons. The van der Waals surface area contributed by atoms with Gasteiger partial charge in [0, 0.05) is 40.2 Å². The number of carbonyl (C=O) groups is 3. The summed E-state index contributed by atoms with van der Waals surface area (Å²) in [6.07, 6.45) is -2.56. The number of unbranched alkanes of at least 4 members (excludes halogenated alkanes) is 1. The predicted molar refractivity (Wildman–Crippen MR) is 142 cm³/mol. The fourth-order valence-electron chi connectivity index (χ4n) is 6.63. The Morgan fingerprint density at radius 3 is 2.58 bits per heavy atom. The van der Waals surface area contributed by atoms with Gasteiger partial charge in [-0.05, 0) is 38.0 Å². The quantitative estimate of drug-likeness (QED) is 0.476. The monoisotopic (exact) mass is 548 g/mol. The first-order chi connectivity index (χ1) is 19.1. The maximum absolute atomic E-state index is 14.4. The molecule has 4 aliphatic rings. The molecule has 0 aromatic heterocycles. The van der Waals surface area contributed by atoms with E-state index < -0.39 is 60.1 Å². The van der Waals surface area contributed by atoms with Gasteiger partial charge in [0.1, 0.15) is 23.7 Å². The second-order valence-corrected chi connectivity index (χ2v) is 11.2. The van der Waals surface area contributed by atoms with Crippen LogP contribution in [0.4, 0.5) is 0 Å². The van der Waals surface area contributed by atoms with E-state index in [4.69, 9.17) is 14.2 Å². The average Bonchev–Trinajstić information content (AvgIpc) is 3.24. The number of benzene rings is 2. The summed E-state index contributed by atoms with van der Waals surface area (Å²) in [6, 6.07) is 8.03. The van der Waals surface area contributed by atoms with E-state index in [0.29, 0.717) is 12.0 Å². The van der Waals surface area contributed by atoms with Gasteiger partial charge in [-0.2, -0.15) is 0 Å². The molecule has 9 heteroatoms. The first-order valence-corrected chi connectivity index (χ1v) is 13.8. The Labute approximate surface area is 231 Å². The van der Waals surface area contributed by atoms with Gasteiger partial charge < -0.3 is 29.5 Å². The number of fused-ring (bicyclic) bond motifs is 6. The Morgan fingerprint density at radius 1 is 1.07 bits per heavy atom. The molecule has 7 unspecified atom stereocenters. The highest BCUT2D eigenvalue weighted by atomic mass is 16.7. The lowest BCUT2D eigenvalue weighted by molar-refractivity contribution is -0.216. The number of rotatable bonds is 5. The number of ether oxygens (including phenoxy) is 3. The summed E-state index contributed by atoms with van der Waals surface area (Å²) in [5, 5.41) is 31.3. The molecule has 0 spiro atoms. The minimum Gasteiger partial charge on any atom is -0.507 e. The summed E-state index contributed by atoms with van der Waals surface area (Å²) in [5.41, 5.74) is 1.92. The van der Waals surface area contributed by atoms with Crippen LogP contribution in [0.3, 0.4) is 0 Å². The Balaban J connectivity index is 1.50. The molecule has 0 saturated carbocycles. The molecular weight excluding hydrogens is 516 g/mol. The highest BCUT2D eigenvalue weighted by Gasteiger charge is 2.55. The van der Waals surface area contributed by atoms with Crippen LogP contribution in [0.1, 0.15) is 83.0 Å². The second-order valence-electron chi connectivity index (χ2n) is 11.2. The van der Waals surface area contributed by atoms with Crippen molar-refractivity contribution in [3.05, 3.63) is 63.7 Å². The topological polar surface area (TPSA) is 140 Å². The third-order valence-electron chi connectivity index (χ3n) is 8.53. The van der Waals surface area contributed by atoms with E-state index in [1.54, 1.807) is 32.0 Å². The standard InChI is InChI=1S/C31H32O9/c1-4-5-7-16-24-26-25(22-17(30(24)40-31(16)37)10-13(2)11-18(22)32)28(35)15-8-6-9-20(23(15)29(26)36)39-21-12-19(33)27(34)14(3)38-21/h6,8-11,14,16,19,21,24,27,30,32-34H,4-5,7,12H2,1-3H3. The number of Topliss-reactive ketones (excluding diaryl/α,β-unsaturated/α-hetero) is 2. The first kappa shape index (κ1) is 26.7. The van der Waals surface area contributed by atoms with Gasteiger partial charge in [0.25, 0.3) is 0 Å². The molecule has 2 saturated heterocycles. The van der Waals surface area contributed by atoms with Crippen molar-refractivity contribution in [3.63, 3.8) is 0 Å². The number of phenolic OH excluding ortho intramolecular Hbond substituents is 1. The van der Waals surface area contributed by atoms with Gasteiger partial charge in [0.15, 0.2) is 11.6 Å². The Kier molecular flexibility index (Phi) is 6.56. The average molecular weight is 549 g/mol. The predicted octanol–water partition coefficient (Wildman–Crippen LogP) is 3.80. The van der Waals surface area contributed by atoms with Crippen LogP contribution in [0.5, 0.6) is 11.5 Å². The highest BCUT2D eigenvalue weighted by Crippen LogP contribution is 2.57. The van der Waals surface area contributed by atoms with Gasteiger partial charge in [0.2, 0.25) is 6.29 Å².